The van der Waals surface area contributed by atoms with E-state index in [4.69, 9.17) is 11.6 Å². The molecule has 1 aromatic rings. The van der Waals surface area contributed by atoms with Gasteiger partial charge in [-0.2, -0.15) is 0 Å². The Morgan fingerprint density at radius 2 is 2.50 bits per heavy atom. The van der Waals surface area contributed by atoms with Crippen molar-refractivity contribution in [1.82, 2.24) is 10.3 Å². The van der Waals surface area contributed by atoms with Crippen molar-refractivity contribution < 1.29 is 5.11 Å². The zero-order valence-corrected chi connectivity index (χ0v) is 9.31. The molecule has 1 fully saturated rings. The minimum Gasteiger partial charge on any atom is -0.392 e. The number of aliphatic hydroxyl groups is 1. The highest BCUT2D eigenvalue weighted by Gasteiger charge is 2.29. The van der Waals surface area contributed by atoms with E-state index in [1.165, 1.54) is 24.2 Å². The number of hydrogen-bond acceptors (Lipinski definition) is 4. The maximum absolute atomic E-state index is 9.57. The predicted octanol–water partition coefficient (Wildman–Crippen LogP) is 1.66. The molecule has 0 aliphatic heterocycles. The van der Waals surface area contributed by atoms with Crippen LogP contribution in [-0.4, -0.2) is 22.7 Å². The Hall–Kier alpha value is -0.160. The molecule has 0 aromatic carbocycles. The third kappa shape index (κ3) is 2.92. The number of halogens is 1. The summed E-state index contributed by atoms with van der Waals surface area (Å²) in [7, 11) is 0. The summed E-state index contributed by atoms with van der Waals surface area (Å²) in [6.45, 7) is 1.35. The van der Waals surface area contributed by atoms with Gasteiger partial charge in [-0.05, 0) is 18.8 Å². The smallest absolute Gasteiger partial charge is 0.113 e. The molecular formula is C9H13ClN2OS. The van der Waals surface area contributed by atoms with Crippen molar-refractivity contribution >= 4 is 22.9 Å². The first-order chi connectivity index (χ1) is 6.75. The van der Waals surface area contributed by atoms with Crippen LogP contribution in [0.4, 0.5) is 0 Å². The van der Waals surface area contributed by atoms with E-state index in [1.54, 1.807) is 6.20 Å². The minimum absolute atomic E-state index is 0.189. The lowest BCUT2D eigenvalue weighted by atomic mass is 10.2. The van der Waals surface area contributed by atoms with E-state index in [9.17, 15) is 5.11 Å². The molecule has 0 amide bonds. The van der Waals surface area contributed by atoms with Gasteiger partial charge in [0.1, 0.15) is 9.34 Å². The second-order valence-corrected chi connectivity index (χ2v) is 5.34. The van der Waals surface area contributed by atoms with Gasteiger partial charge < -0.3 is 10.4 Å². The molecule has 3 nitrogen and oxygen atoms in total. The van der Waals surface area contributed by atoms with E-state index >= 15 is 0 Å². The average molecular weight is 233 g/mol. The van der Waals surface area contributed by atoms with Gasteiger partial charge in [0.2, 0.25) is 0 Å². The number of hydrogen-bond donors (Lipinski definition) is 2. The van der Waals surface area contributed by atoms with Crippen LogP contribution in [0.15, 0.2) is 6.20 Å². The van der Waals surface area contributed by atoms with Crippen LogP contribution in [0.25, 0.3) is 0 Å². The molecule has 1 aliphatic carbocycles. The molecule has 2 rings (SSSR count). The summed E-state index contributed by atoms with van der Waals surface area (Å²) < 4.78 is 0.713. The molecule has 1 atom stereocenters. The Kier molecular flexibility index (Phi) is 3.38. The minimum atomic E-state index is -0.189. The molecule has 0 radical (unpaired) electrons. The van der Waals surface area contributed by atoms with Gasteiger partial charge in [0, 0.05) is 13.1 Å². The third-order valence-electron chi connectivity index (χ3n) is 2.32. The van der Waals surface area contributed by atoms with Crippen LogP contribution in [-0.2, 0) is 6.54 Å². The van der Waals surface area contributed by atoms with Gasteiger partial charge >= 0.3 is 0 Å². The quantitative estimate of drug-likeness (QED) is 0.812. The van der Waals surface area contributed by atoms with E-state index in [2.05, 4.69) is 10.3 Å². The van der Waals surface area contributed by atoms with Crippen LogP contribution in [0, 0.1) is 5.92 Å². The van der Waals surface area contributed by atoms with Crippen molar-refractivity contribution in [3.05, 3.63) is 15.5 Å². The maximum Gasteiger partial charge on any atom is 0.113 e. The Bertz CT molecular complexity index is 301. The number of aliphatic hydroxyl groups excluding tert-OH is 1. The molecule has 78 valence electrons. The fourth-order valence-corrected chi connectivity index (χ4v) is 2.27. The van der Waals surface area contributed by atoms with Crippen LogP contribution in [0.2, 0.25) is 4.34 Å². The highest BCUT2D eigenvalue weighted by Crippen LogP contribution is 2.32. The molecule has 1 aliphatic rings. The fraction of sp³-hybridized carbons (Fsp3) is 0.667. The van der Waals surface area contributed by atoms with Gasteiger partial charge in [-0.15, -0.1) is 11.3 Å². The van der Waals surface area contributed by atoms with Crippen molar-refractivity contribution in [2.45, 2.75) is 25.5 Å². The van der Waals surface area contributed by atoms with Crippen LogP contribution in [0.3, 0.4) is 0 Å². The lowest BCUT2D eigenvalue weighted by Crippen LogP contribution is -2.27. The molecule has 0 spiro atoms. The molecule has 1 unspecified atom stereocenters. The van der Waals surface area contributed by atoms with Crippen LogP contribution < -0.4 is 5.32 Å². The van der Waals surface area contributed by atoms with Gasteiger partial charge in [-0.1, -0.05) is 11.6 Å². The van der Waals surface area contributed by atoms with Crippen molar-refractivity contribution in [1.29, 1.82) is 0 Å². The number of rotatable bonds is 5. The second kappa shape index (κ2) is 4.57. The molecule has 14 heavy (non-hydrogen) atoms. The first-order valence-corrected chi connectivity index (χ1v) is 5.94. The highest BCUT2D eigenvalue weighted by atomic mass is 35.5. The first kappa shape index (κ1) is 10.4. The number of nitrogens with zero attached hydrogens (tertiary/aromatic N) is 1. The molecule has 1 heterocycles. The highest BCUT2D eigenvalue weighted by molar-refractivity contribution is 7.15. The lowest BCUT2D eigenvalue weighted by molar-refractivity contribution is 0.148. The SMILES string of the molecule is OC(CNCc1ncc(Cl)s1)C1CC1. The number of aromatic nitrogens is 1. The van der Waals surface area contributed by atoms with Crippen LogP contribution >= 0.6 is 22.9 Å². The summed E-state index contributed by atoms with van der Waals surface area (Å²) in [5.74, 6) is 0.530. The van der Waals surface area contributed by atoms with Crippen molar-refractivity contribution in [3.8, 4) is 0 Å². The molecule has 1 aromatic heterocycles. The number of thiazole rings is 1. The largest absolute Gasteiger partial charge is 0.392 e. The Morgan fingerprint density at radius 1 is 1.71 bits per heavy atom. The van der Waals surface area contributed by atoms with Gasteiger partial charge in [0.05, 0.1) is 12.3 Å². The summed E-state index contributed by atoms with van der Waals surface area (Å²) in [6.07, 6.45) is 3.81. The maximum atomic E-state index is 9.57. The summed E-state index contributed by atoms with van der Waals surface area (Å²) in [5.41, 5.74) is 0. The molecule has 2 N–H and O–H groups in total. The van der Waals surface area contributed by atoms with Crippen LogP contribution in [0.1, 0.15) is 17.8 Å². The topological polar surface area (TPSA) is 45.1 Å². The Balaban J connectivity index is 1.67. The second-order valence-electron chi connectivity index (χ2n) is 3.59. The Morgan fingerprint density at radius 3 is 3.07 bits per heavy atom. The average Bonchev–Trinajstić information content (AvgIpc) is 2.92. The van der Waals surface area contributed by atoms with Crippen molar-refractivity contribution in [2.75, 3.05) is 6.54 Å². The molecule has 5 heteroatoms. The fourth-order valence-electron chi connectivity index (χ4n) is 1.34. The normalized spacial score (nSPS) is 18.4. The molecule has 0 saturated heterocycles. The van der Waals surface area contributed by atoms with Crippen molar-refractivity contribution in [2.24, 2.45) is 5.92 Å². The first-order valence-electron chi connectivity index (χ1n) is 4.74. The van der Waals surface area contributed by atoms with Gasteiger partial charge in [-0.25, -0.2) is 4.98 Å². The van der Waals surface area contributed by atoms with E-state index in [0.717, 1.165) is 5.01 Å². The third-order valence-corrected chi connectivity index (χ3v) is 3.44. The summed E-state index contributed by atoms with van der Waals surface area (Å²) >= 11 is 7.21. The summed E-state index contributed by atoms with van der Waals surface area (Å²) in [5, 5.41) is 13.7. The van der Waals surface area contributed by atoms with Crippen molar-refractivity contribution in [3.63, 3.8) is 0 Å². The number of nitrogens with one attached hydrogen (secondary N) is 1. The van der Waals surface area contributed by atoms with E-state index in [-0.39, 0.29) is 6.10 Å². The molecule has 1 saturated carbocycles. The molecular weight excluding hydrogens is 220 g/mol. The standard InChI is InChI=1S/C9H13ClN2OS/c10-8-4-12-9(14-8)5-11-3-7(13)6-1-2-6/h4,6-7,11,13H,1-3,5H2. The zero-order chi connectivity index (χ0) is 9.97. The van der Waals surface area contributed by atoms with E-state index in [1.807, 2.05) is 0 Å². The van der Waals surface area contributed by atoms with Crippen LogP contribution in [0.5, 0.6) is 0 Å². The lowest BCUT2D eigenvalue weighted by Gasteiger charge is -2.08. The predicted molar refractivity (Wildman–Crippen MR) is 57.6 cm³/mol. The van der Waals surface area contributed by atoms with E-state index in [0.29, 0.717) is 23.3 Å². The van der Waals surface area contributed by atoms with Gasteiger partial charge in [0.15, 0.2) is 0 Å². The van der Waals surface area contributed by atoms with Gasteiger partial charge in [0.25, 0.3) is 0 Å². The Labute approximate surface area is 92.1 Å². The van der Waals surface area contributed by atoms with E-state index < -0.39 is 0 Å². The molecule has 0 bridgehead atoms. The monoisotopic (exact) mass is 232 g/mol. The zero-order valence-electron chi connectivity index (χ0n) is 7.74. The summed E-state index contributed by atoms with van der Waals surface area (Å²) in [6, 6.07) is 0. The van der Waals surface area contributed by atoms with Gasteiger partial charge in [-0.3, -0.25) is 0 Å². The summed E-state index contributed by atoms with van der Waals surface area (Å²) in [4.78, 5) is 4.12.